The van der Waals surface area contributed by atoms with Crippen LogP contribution in [0.3, 0.4) is 0 Å². The zero-order chi connectivity index (χ0) is 17.4. The third kappa shape index (κ3) is 4.92. The van der Waals surface area contributed by atoms with E-state index in [4.69, 9.17) is 4.74 Å². The highest BCUT2D eigenvalue weighted by Crippen LogP contribution is 2.21. The fourth-order valence-electron chi connectivity index (χ4n) is 2.34. The summed E-state index contributed by atoms with van der Waals surface area (Å²) in [5, 5.41) is 4.68. The van der Waals surface area contributed by atoms with Crippen molar-refractivity contribution in [3.63, 3.8) is 0 Å². The van der Waals surface area contributed by atoms with Crippen molar-refractivity contribution in [2.24, 2.45) is 0 Å². The molecule has 1 heterocycles. The Morgan fingerprint density at radius 3 is 2.62 bits per heavy atom. The van der Waals surface area contributed by atoms with Crippen molar-refractivity contribution in [1.82, 2.24) is 15.5 Å². The van der Waals surface area contributed by atoms with E-state index in [0.29, 0.717) is 19.7 Å². The van der Waals surface area contributed by atoms with Crippen LogP contribution < -0.4 is 10.6 Å². The quantitative estimate of drug-likeness (QED) is 0.587. The average Bonchev–Trinajstić information content (AvgIpc) is 2.64. The van der Waals surface area contributed by atoms with Gasteiger partial charge >= 0.3 is 11.8 Å². The van der Waals surface area contributed by atoms with Crippen LogP contribution in [0.2, 0.25) is 0 Å². The van der Waals surface area contributed by atoms with Gasteiger partial charge in [0.05, 0.1) is 19.7 Å². The summed E-state index contributed by atoms with van der Waals surface area (Å²) in [6, 6.07) is 9.65. The number of carbonyl (C=O) groups is 3. The van der Waals surface area contributed by atoms with E-state index in [1.807, 2.05) is 30.3 Å². The molecule has 1 aliphatic rings. The lowest BCUT2D eigenvalue weighted by molar-refractivity contribution is -0.142. The van der Waals surface area contributed by atoms with Crippen LogP contribution in [-0.4, -0.2) is 55.4 Å². The maximum atomic E-state index is 12.2. The molecule has 1 fully saturated rings. The molecule has 1 saturated heterocycles. The smallest absolute Gasteiger partial charge is 0.309 e. The Morgan fingerprint density at radius 2 is 1.92 bits per heavy atom. The third-order valence-corrected chi connectivity index (χ3v) is 3.60. The van der Waals surface area contributed by atoms with Gasteiger partial charge < -0.3 is 20.3 Å². The Hall–Kier alpha value is -2.67. The molecule has 1 aromatic carbocycles. The summed E-state index contributed by atoms with van der Waals surface area (Å²) in [5.41, 5.74) is 1.00. The standard InChI is InChI=1S/C17H21N3O4/c1-2-8-18-16(22)17(23)19-11-15(21)20-9-10-24-14(12-20)13-6-4-3-5-7-13/h2-7,14H,1,8-12H2,(H,18,22)(H,19,23). The van der Waals surface area contributed by atoms with Gasteiger partial charge in [-0.05, 0) is 5.56 Å². The molecule has 0 bridgehead atoms. The Balaban J connectivity index is 1.83. The fraction of sp³-hybridized carbons (Fsp3) is 0.353. The van der Waals surface area contributed by atoms with Crippen molar-refractivity contribution in [1.29, 1.82) is 0 Å². The van der Waals surface area contributed by atoms with Crippen LogP contribution in [-0.2, 0) is 19.1 Å². The monoisotopic (exact) mass is 331 g/mol. The van der Waals surface area contributed by atoms with Gasteiger partial charge in [0.15, 0.2) is 0 Å². The second kappa shape index (κ2) is 8.83. The number of hydrogen-bond donors (Lipinski definition) is 2. The van der Waals surface area contributed by atoms with Gasteiger partial charge in [-0.15, -0.1) is 6.58 Å². The molecular weight excluding hydrogens is 310 g/mol. The highest BCUT2D eigenvalue weighted by molar-refractivity contribution is 6.35. The number of ether oxygens (including phenoxy) is 1. The Labute approximate surface area is 140 Å². The van der Waals surface area contributed by atoms with Gasteiger partial charge in [-0.3, -0.25) is 14.4 Å². The van der Waals surface area contributed by atoms with E-state index in [9.17, 15) is 14.4 Å². The molecule has 128 valence electrons. The highest BCUT2D eigenvalue weighted by Gasteiger charge is 2.25. The van der Waals surface area contributed by atoms with Gasteiger partial charge in [0, 0.05) is 13.1 Å². The highest BCUT2D eigenvalue weighted by atomic mass is 16.5. The minimum absolute atomic E-state index is 0.185. The second-order valence-electron chi connectivity index (χ2n) is 5.29. The van der Waals surface area contributed by atoms with Gasteiger partial charge in [0.2, 0.25) is 5.91 Å². The van der Waals surface area contributed by atoms with Crippen molar-refractivity contribution in [2.45, 2.75) is 6.10 Å². The third-order valence-electron chi connectivity index (χ3n) is 3.60. The molecule has 1 aliphatic heterocycles. The number of benzene rings is 1. The van der Waals surface area contributed by atoms with E-state index in [2.05, 4.69) is 17.2 Å². The minimum Gasteiger partial charge on any atom is -0.370 e. The van der Waals surface area contributed by atoms with Crippen molar-refractivity contribution in [3.8, 4) is 0 Å². The number of nitrogens with zero attached hydrogens (tertiary/aromatic N) is 1. The summed E-state index contributed by atoms with van der Waals surface area (Å²) in [6.07, 6.45) is 1.28. The number of hydrogen-bond acceptors (Lipinski definition) is 4. The molecule has 1 unspecified atom stereocenters. The first kappa shape index (κ1) is 17.7. The SMILES string of the molecule is C=CCNC(=O)C(=O)NCC(=O)N1CCOC(c2ccccc2)C1. The fourth-order valence-corrected chi connectivity index (χ4v) is 2.34. The van der Waals surface area contributed by atoms with Crippen molar-refractivity contribution >= 4 is 17.7 Å². The molecule has 1 aromatic rings. The van der Waals surface area contributed by atoms with E-state index in [-0.39, 0.29) is 25.1 Å². The second-order valence-corrected chi connectivity index (χ2v) is 5.29. The van der Waals surface area contributed by atoms with Crippen LogP contribution >= 0.6 is 0 Å². The molecule has 0 radical (unpaired) electrons. The number of morpholine rings is 1. The van der Waals surface area contributed by atoms with E-state index < -0.39 is 11.8 Å². The Morgan fingerprint density at radius 1 is 1.21 bits per heavy atom. The molecule has 7 heteroatoms. The van der Waals surface area contributed by atoms with Crippen molar-refractivity contribution in [2.75, 3.05) is 32.8 Å². The maximum absolute atomic E-state index is 12.2. The summed E-state index contributed by atoms with van der Waals surface area (Å²) in [7, 11) is 0. The molecular formula is C17H21N3O4. The first-order valence-electron chi connectivity index (χ1n) is 7.73. The molecule has 24 heavy (non-hydrogen) atoms. The molecule has 2 rings (SSSR count). The van der Waals surface area contributed by atoms with Crippen LogP contribution in [0.25, 0.3) is 0 Å². The van der Waals surface area contributed by atoms with E-state index in [1.165, 1.54) is 6.08 Å². The molecule has 0 aromatic heterocycles. The zero-order valence-corrected chi connectivity index (χ0v) is 13.4. The van der Waals surface area contributed by atoms with Crippen LogP contribution in [0, 0.1) is 0 Å². The van der Waals surface area contributed by atoms with Gasteiger partial charge in [0.1, 0.15) is 6.10 Å². The van der Waals surface area contributed by atoms with E-state index >= 15 is 0 Å². The summed E-state index contributed by atoms with van der Waals surface area (Å²) < 4.78 is 5.70. The van der Waals surface area contributed by atoms with Crippen LogP contribution in [0.15, 0.2) is 43.0 Å². The molecule has 3 amide bonds. The lowest BCUT2D eigenvalue weighted by Crippen LogP contribution is -2.48. The van der Waals surface area contributed by atoms with Gasteiger partial charge in [-0.25, -0.2) is 0 Å². The molecule has 2 N–H and O–H groups in total. The lowest BCUT2D eigenvalue weighted by Gasteiger charge is -2.33. The maximum Gasteiger partial charge on any atom is 0.309 e. The van der Waals surface area contributed by atoms with Crippen LogP contribution in [0.4, 0.5) is 0 Å². The first-order chi connectivity index (χ1) is 11.6. The van der Waals surface area contributed by atoms with Gasteiger partial charge in [0.25, 0.3) is 0 Å². The summed E-state index contributed by atoms with van der Waals surface area (Å²) >= 11 is 0. The number of amides is 3. The Kier molecular flexibility index (Phi) is 6.51. The van der Waals surface area contributed by atoms with Gasteiger partial charge in [-0.1, -0.05) is 36.4 Å². The van der Waals surface area contributed by atoms with Crippen molar-refractivity contribution < 1.29 is 19.1 Å². The lowest BCUT2D eigenvalue weighted by atomic mass is 10.1. The van der Waals surface area contributed by atoms with Gasteiger partial charge in [-0.2, -0.15) is 0 Å². The molecule has 0 saturated carbocycles. The topological polar surface area (TPSA) is 87.7 Å². The van der Waals surface area contributed by atoms with E-state index in [0.717, 1.165) is 5.56 Å². The predicted molar refractivity (Wildman–Crippen MR) is 87.9 cm³/mol. The molecule has 7 nitrogen and oxygen atoms in total. The first-order valence-corrected chi connectivity index (χ1v) is 7.73. The zero-order valence-electron chi connectivity index (χ0n) is 13.4. The summed E-state index contributed by atoms with van der Waals surface area (Å²) in [4.78, 5) is 36.8. The predicted octanol–water partition coefficient (Wildman–Crippen LogP) is 0.00490. The largest absolute Gasteiger partial charge is 0.370 e. The Bertz CT molecular complexity index is 603. The summed E-state index contributed by atoms with van der Waals surface area (Å²) in [6.45, 7) is 4.72. The number of nitrogens with one attached hydrogen (secondary N) is 2. The van der Waals surface area contributed by atoms with Crippen molar-refractivity contribution in [3.05, 3.63) is 48.6 Å². The number of carbonyl (C=O) groups excluding carboxylic acids is 3. The average molecular weight is 331 g/mol. The van der Waals surface area contributed by atoms with Crippen LogP contribution in [0.1, 0.15) is 11.7 Å². The number of rotatable bonds is 5. The molecule has 0 aliphatic carbocycles. The van der Waals surface area contributed by atoms with Crippen LogP contribution in [0.5, 0.6) is 0 Å². The van der Waals surface area contributed by atoms with E-state index in [1.54, 1.807) is 4.90 Å². The molecule has 1 atom stereocenters. The summed E-state index contributed by atoms with van der Waals surface area (Å²) in [5.74, 6) is -1.87. The minimum atomic E-state index is -0.835. The molecule has 0 spiro atoms. The normalized spacial score (nSPS) is 17.0.